The third-order valence-electron chi connectivity index (χ3n) is 4.85. The van der Waals surface area contributed by atoms with Gasteiger partial charge in [0.15, 0.2) is 0 Å². The summed E-state index contributed by atoms with van der Waals surface area (Å²) in [6.45, 7) is 2.24. The number of halogens is 1. The van der Waals surface area contributed by atoms with Crippen LogP contribution in [0.3, 0.4) is 0 Å². The van der Waals surface area contributed by atoms with Crippen molar-refractivity contribution in [3.8, 4) is 0 Å². The van der Waals surface area contributed by atoms with E-state index in [1.54, 1.807) is 36.1 Å². The van der Waals surface area contributed by atoms with E-state index in [0.717, 1.165) is 6.42 Å². The number of hydrogen-bond donors (Lipinski definition) is 2. The highest BCUT2D eigenvalue weighted by Gasteiger charge is 2.45. The van der Waals surface area contributed by atoms with Crippen molar-refractivity contribution < 1.29 is 19.5 Å². The summed E-state index contributed by atoms with van der Waals surface area (Å²) in [4.78, 5) is 38.4. The molecule has 3 rings (SSSR count). The molecule has 2 aromatic rings. The highest BCUT2D eigenvalue weighted by Crippen LogP contribution is 2.32. The number of likely N-dealkylation sites (tertiary alicyclic amines) is 1. The Balaban J connectivity index is 1.81. The van der Waals surface area contributed by atoms with Gasteiger partial charge in [0.2, 0.25) is 5.91 Å². The molecule has 2 N–H and O–H groups in total. The molecule has 1 aliphatic rings. The molecule has 1 atom stereocenters. The minimum Gasteiger partial charge on any atom is -0.478 e. The van der Waals surface area contributed by atoms with Crippen molar-refractivity contribution in [2.24, 2.45) is 0 Å². The van der Waals surface area contributed by atoms with Gasteiger partial charge in [0, 0.05) is 17.8 Å². The van der Waals surface area contributed by atoms with E-state index in [4.69, 9.17) is 16.7 Å². The van der Waals surface area contributed by atoms with Gasteiger partial charge in [-0.1, -0.05) is 29.8 Å². The summed E-state index contributed by atoms with van der Waals surface area (Å²) in [5, 5.41) is 11.8. The summed E-state index contributed by atoms with van der Waals surface area (Å²) < 4.78 is 0. The SMILES string of the molecule is CC1(C(=O)Nc2ccc(C(=O)O)c(Cl)c2)CCCN1C(=O)c1ccccc1. The minimum atomic E-state index is -1.14. The molecule has 0 aromatic heterocycles. The van der Waals surface area contributed by atoms with Gasteiger partial charge >= 0.3 is 5.97 Å². The second-order valence-electron chi connectivity index (χ2n) is 6.65. The molecule has 0 aliphatic carbocycles. The third kappa shape index (κ3) is 3.66. The van der Waals surface area contributed by atoms with Crippen LogP contribution in [0, 0.1) is 0 Å². The van der Waals surface area contributed by atoms with Crippen LogP contribution in [-0.2, 0) is 4.79 Å². The fraction of sp³-hybridized carbons (Fsp3) is 0.250. The van der Waals surface area contributed by atoms with Gasteiger partial charge in [-0.3, -0.25) is 9.59 Å². The van der Waals surface area contributed by atoms with Crippen LogP contribution in [0.1, 0.15) is 40.5 Å². The number of nitrogens with one attached hydrogen (secondary N) is 1. The Morgan fingerprint density at radius 1 is 1.15 bits per heavy atom. The van der Waals surface area contributed by atoms with Crippen LogP contribution in [0.15, 0.2) is 48.5 Å². The first-order chi connectivity index (χ1) is 12.8. The van der Waals surface area contributed by atoms with Crippen molar-refractivity contribution in [3.05, 3.63) is 64.7 Å². The summed E-state index contributed by atoms with van der Waals surface area (Å²) in [6.07, 6.45) is 1.26. The van der Waals surface area contributed by atoms with Crippen molar-refractivity contribution >= 4 is 35.1 Å². The average Bonchev–Trinajstić information content (AvgIpc) is 3.04. The molecule has 27 heavy (non-hydrogen) atoms. The van der Waals surface area contributed by atoms with E-state index in [9.17, 15) is 14.4 Å². The number of aromatic carboxylic acids is 1. The zero-order chi connectivity index (χ0) is 19.6. The van der Waals surface area contributed by atoms with E-state index in [2.05, 4.69) is 5.32 Å². The third-order valence-corrected chi connectivity index (χ3v) is 5.17. The number of hydrogen-bond acceptors (Lipinski definition) is 3. The minimum absolute atomic E-state index is 0.0362. The van der Waals surface area contributed by atoms with Gasteiger partial charge in [0.1, 0.15) is 5.54 Å². The number of nitrogens with zero attached hydrogens (tertiary/aromatic N) is 1. The van der Waals surface area contributed by atoms with Gasteiger partial charge in [-0.25, -0.2) is 4.79 Å². The largest absolute Gasteiger partial charge is 0.478 e. The maximum Gasteiger partial charge on any atom is 0.337 e. The van der Waals surface area contributed by atoms with Crippen molar-refractivity contribution in [1.82, 2.24) is 4.90 Å². The van der Waals surface area contributed by atoms with Crippen LogP contribution >= 0.6 is 11.6 Å². The van der Waals surface area contributed by atoms with Gasteiger partial charge in [-0.2, -0.15) is 0 Å². The topological polar surface area (TPSA) is 86.7 Å². The lowest BCUT2D eigenvalue weighted by Crippen LogP contribution is -2.53. The van der Waals surface area contributed by atoms with Crippen LogP contribution in [0.25, 0.3) is 0 Å². The molecule has 0 radical (unpaired) electrons. The van der Waals surface area contributed by atoms with Crippen molar-refractivity contribution in [2.75, 3.05) is 11.9 Å². The van der Waals surface area contributed by atoms with E-state index in [-0.39, 0.29) is 22.4 Å². The molecule has 140 valence electrons. The smallest absolute Gasteiger partial charge is 0.337 e. The lowest BCUT2D eigenvalue weighted by molar-refractivity contribution is -0.124. The molecular weight excluding hydrogens is 368 g/mol. The van der Waals surface area contributed by atoms with Gasteiger partial charge < -0.3 is 15.3 Å². The number of carboxylic acids is 1. The summed E-state index contributed by atoms with van der Waals surface area (Å²) in [7, 11) is 0. The summed E-state index contributed by atoms with van der Waals surface area (Å²) in [5.74, 6) is -1.66. The van der Waals surface area contributed by atoms with Crippen molar-refractivity contribution in [1.29, 1.82) is 0 Å². The lowest BCUT2D eigenvalue weighted by atomic mass is 9.96. The van der Waals surface area contributed by atoms with Gasteiger partial charge in [-0.15, -0.1) is 0 Å². The van der Waals surface area contributed by atoms with E-state index in [1.807, 2.05) is 6.07 Å². The summed E-state index contributed by atoms with van der Waals surface area (Å²) >= 11 is 5.96. The molecule has 0 spiro atoms. The van der Waals surface area contributed by atoms with Crippen molar-refractivity contribution in [3.63, 3.8) is 0 Å². The second-order valence-corrected chi connectivity index (χ2v) is 7.06. The molecule has 2 amide bonds. The number of rotatable bonds is 4. The average molecular weight is 387 g/mol. The predicted octanol–water partition coefficient (Wildman–Crippen LogP) is 3.67. The fourth-order valence-corrected chi connectivity index (χ4v) is 3.55. The Morgan fingerprint density at radius 3 is 2.48 bits per heavy atom. The standard InChI is InChI=1S/C20H19ClN2O4/c1-20(10-5-11-23(20)17(24)13-6-3-2-4-7-13)19(27)22-14-8-9-15(18(25)26)16(21)12-14/h2-4,6-9,12H,5,10-11H2,1H3,(H,22,27)(H,25,26). The molecule has 1 aliphatic heterocycles. The van der Waals surface area contributed by atoms with E-state index in [0.29, 0.717) is 24.2 Å². The van der Waals surface area contributed by atoms with E-state index in [1.165, 1.54) is 18.2 Å². The van der Waals surface area contributed by atoms with Crippen LogP contribution in [-0.4, -0.2) is 39.9 Å². The van der Waals surface area contributed by atoms with E-state index >= 15 is 0 Å². The maximum absolute atomic E-state index is 12.9. The summed E-state index contributed by atoms with van der Waals surface area (Å²) in [6, 6.07) is 13.1. The fourth-order valence-electron chi connectivity index (χ4n) is 3.29. The number of benzene rings is 2. The highest BCUT2D eigenvalue weighted by molar-refractivity contribution is 6.33. The van der Waals surface area contributed by atoms with Gasteiger partial charge in [-0.05, 0) is 50.1 Å². The van der Waals surface area contributed by atoms with Crippen LogP contribution in [0.2, 0.25) is 5.02 Å². The zero-order valence-corrected chi connectivity index (χ0v) is 15.5. The number of carboxylic acid groups (broad SMARTS) is 1. The molecule has 1 saturated heterocycles. The van der Waals surface area contributed by atoms with Crippen LogP contribution < -0.4 is 5.32 Å². The maximum atomic E-state index is 12.9. The number of amides is 2. The molecular formula is C20H19ClN2O4. The number of carbonyl (C=O) groups is 3. The predicted molar refractivity (Wildman–Crippen MR) is 102 cm³/mol. The Morgan fingerprint density at radius 2 is 1.85 bits per heavy atom. The molecule has 0 bridgehead atoms. The van der Waals surface area contributed by atoms with Crippen LogP contribution in [0.5, 0.6) is 0 Å². The monoisotopic (exact) mass is 386 g/mol. The van der Waals surface area contributed by atoms with E-state index < -0.39 is 11.5 Å². The zero-order valence-electron chi connectivity index (χ0n) is 14.7. The molecule has 1 heterocycles. The molecule has 1 unspecified atom stereocenters. The van der Waals surface area contributed by atoms with Crippen LogP contribution in [0.4, 0.5) is 5.69 Å². The Kier molecular flexibility index (Phi) is 5.19. The Labute approximate surface area is 161 Å². The molecule has 6 nitrogen and oxygen atoms in total. The molecule has 1 fully saturated rings. The van der Waals surface area contributed by atoms with Gasteiger partial charge in [0.05, 0.1) is 10.6 Å². The first-order valence-electron chi connectivity index (χ1n) is 8.54. The Bertz CT molecular complexity index is 900. The lowest BCUT2D eigenvalue weighted by Gasteiger charge is -2.34. The summed E-state index contributed by atoms with van der Waals surface area (Å²) in [5.41, 5.74) is -0.115. The molecule has 2 aromatic carbocycles. The molecule has 7 heteroatoms. The first kappa shape index (κ1) is 18.9. The number of anilines is 1. The van der Waals surface area contributed by atoms with Crippen molar-refractivity contribution in [2.45, 2.75) is 25.3 Å². The second kappa shape index (κ2) is 7.40. The highest BCUT2D eigenvalue weighted by atomic mass is 35.5. The quantitative estimate of drug-likeness (QED) is 0.839. The Hall–Kier alpha value is -2.86. The molecule has 0 saturated carbocycles. The normalized spacial score (nSPS) is 19.0. The number of carbonyl (C=O) groups excluding carboxylic acids is 2. The van der Waals surface area contributed by atoms with Gasteiger partial charge in [0.25, 0.3) is 5.91 Å². The first-order valence-corrected chi connectivity index (χ1v) is 8.92.